The van der Waals surface area contributed by atoms with Gasteiger partial charge in [0.25, 0.3) is 10.0 Å². The molecule has 0 spiro atoms. The number of hydrogen-bond donors (Lipinski definition) is 1. The molecule has 0 aromatic heterocycles. The molecule has 0 saturated heterocycles. The summed E-state index contributed by atoms with van der Waals surface area (Å²) < 4.78 is 69.9. The molecule has 44 heavy (non-hydrogen) atoms. The molecular formula is C31H34Cl2F3N3O4S. The summed E-state index contributed by atoms with van der Waals surface area (Å²) in [5, 5.41) is 2.64. The first-order valence-corrected chi connectivity index (χ1v) is 16.2. The second kappa shape index (κ2) is 15.1. The van der Waals surface area contributed by atoms with Crippen molar-refractivity contribution in [1.82, 2.24) is 10.2 Å². The molecule has 0 aliphatic carbocycles. The lowest BCUT2D eigenvalue weighted by Crippen LogP contribution is -2.52. The summed E-state index contributed by atoms with van der Waals surface area (Å²) in [5.74, 6) is -1.22. The summed E-state index contributed by atoms with van der Waals surface area (Å²) >= 11 is 11.8. The van der Waals surface area contributed by atoms with E-state index in [1.54, 1.807) is 38.1 Å². The number of nitrogens with one attached hydrogen (secondary N) is 1. The van der Waals surface area contributed by atoms with E-state index in [0.29, 0.717) is 33.9 Å². The van der Waals surface area contributed by atoms with Crippen LogP contribution >= 0.6 is 23.2 Å². The van der Waals surface area contributed by atoms with Gasteiger partial charge in [-0.15, -0.1) is 0 Å². The van der Waals surface area contributed by atoms with Gasteiger partial charge in [-0.2, -0.15) is 13.2 Å². The van der Waals surface area contributed by atoms with Crippen LogP contribution in [0.2, 0.25) is 10.0 Å². The number of unbranched alkanes of at least 4 members (excludes halogenated alkanes) is 1. The van der Waals surface area contributed by atoms with E-state index in [-0.39, 0.29) is 17.9 Å². The van der Waals surface area contributed by atoms with Crippen molar-refractivity contribution in [2.75, 3.05) is 17.4 Å². The maximum atomic E-state index is 14.1. The number of carbonyl (C=O) groups excluding carboxylic acids is 2. The molecule has 0 aliphatic rings. The Balaban J connectivity index is 2.12. The zero-order valence-corrected chi connectivity index (χ0v) is 26.8. The van der Waals surface area contributed by atoms with Crippen LogP contribution in [-0.4, -0.2) is 44.3 Å². The van der Waals surface area contributed by atoms with Crippen LogP contribution in [0.3, 0.4) is 0 Å². The number of nitrogens with zero attached hydrogens (tertiary/aromatic N) is 2. The Kier molecular flexibility index (Phi) is 12.1. The molecule has 0 radical (unpaired) electrons. The lowest BCUT2D eigenvalue weighted by molar-refractivity contribution is -0.140. The fraction of sp³-hybridized carbons (Fsp3) is 0.355. The van der Waals surface area contributed by atoms with Crippen molar-refractivity contribution < 1.29 is 31.2 Å². The number of amides is 2. The van der Waals surface area contributed by atoms with Crippen LogP contribution in [0.25, 0.3) is 0 Å². The van der Waals surface area contributed by atoms with Crippen LogP contribution < -0.4 is 9.62 Å². The summed E-state index contributed by atoms with van der Waals surface area (Å²) in [5.41, 5.74) is -0.302. The number of sulfonamides is 1. The molecule has 3 aromatic rings. The second-order valence-corrected chi connectivity index (χ2v) is 12.9. The summed E-state index contributed by atoms with van der Waals surface area (Å²) in [6, 6.07) is 13.9. The van der Waals surface area contributed by atoms with Gasteiger partial charge in [-0.1, -0.05) is 73.3 Å². The van der Waals surface area contributed by atoms with Gasteiger partial charge < -0.3 is 10.2 Å². The molecule has 7 nitrogen and oxygen atoms in total. The van der Waals surface area contributed by atoms with Gasteiger partial charge in [0.1, 0.15) is 12.6 Å². The summed E-state index contributed by atoms with van der Waals surface area (Å²) in [4.78, 5) is 28.3. The van der Waals surface area contributed by atoms with E-state index < -0.39 is 56.9 Å². The molecule has 1 N–H and O–H groups in total. The van der Waals surface area contributed by atoms with E-state index >= 15 is 0 Å². The molecule has 0 fully saturated rings. The third kappa shape index (κ3) is 8.89. The Bertz CT molecular complexity index is 1550. The van der Waals surface area contributed by atoms with Gasteiger partial charge in [-0.25, -0.2) is 8.42 Å². The highest BCUT2D eigenvalue weighted by Crippen LogP contribution is 2.38. The monoisotopic (exact) mass is 671 g/mol. The average molecular weight is 673 g/mol. The first-order chi connectivity index (χ1) is 20.7. The second-order valence-electron chi connectivity index (χ2n) is 10.2. The van der Waals surface area contributed by atoms with E-state index in [2.05, 4.69) is 5.32 Å². The molecule has 0 heterocycles. The minimum atomic E-state index is -4.89. The molecule has 3 aromatic carbocycles. The predicted molar refractivity (Wildman–Crippen MR) is 166 cm³/mol. The quantitative estimate of drug-likeness (QED) is 0.194. The van der Waals surface area contributed by atoms with Crippen LogP contribution in [0.4, 0.5) is 18.9 Å². The van der Waals surface area contributed by atoms with Crippen LogP contribution in [0.5, 0.6) is 0 Å². The largest absolute Gasteiger partial charge is 0.417 e. The van der Waals surface area contributed by atoms with Crippen molar-refractivity contribution in [2.24, 2.45) is 0 Å². The minimum Gasteiger partial charge on any atom is -0.354 e. The Morgan fingerprint density at radius 1 is 0.955 bits per heavy atom. The zero-order chi connectivity index (χ0) is 32.7. The highest BCUT2D eigenvalue weighted by Gasteiger charge is 2.37. The van der Waals surface area contributed by atoms with Gasteiger partial charge >= 0.3 is 6.18 Å². The molecule has 238 valence electrons. The van der Waals surface area contributed by atoms with Crippen LogP contribution in [0, 0.1) is 6.92 Å². The summed E-state index contributed by atoms with van der Waals surface area (Å²) in [6.45, 7) is 4.83. The van der Waals surface area contributed by atoms with E-state index in [1.807, 2.05) is 6.92 Å². The van der Waals surface area contributed by atoms with Crippen molar-refractivity contribution in [2.45, 2.75) is 63.7 Å². The summed E-state index contributed by atoms with van der Waals surface area (Å²) in [6.07, 6.45) is -3.15. The number of hydrogen-bond acceptors (Lipinski definition) is 4. The van der Waals surface area contributed by atoms with Crippen molar-refractivity contribution in [1.29, 1.82) is 0 Å². The highest BCUT2D eigenvalue weighted by molar-refractivity contribution is 7.92. The number of rotatable bonds is 13. The van der Waals surface area contributed by atoms with Crippen molar-refractivity contribution in [3.8, 4) is 0 Å². The van der Waals surface area contributed by atoms with Crippen LogP contribution in [0.15, 0.2) is 71.6 Å². The average Bonchev–Trinajstić information content (AvgIpc) is 2.96. The molecule has 1 atom stereocenters. The molecule has 0 unspecified atom stereocenters. The molecule has 3 rings (SSSR count). The standard InChI is InChI=1S/C31H34Cl2F3N3O4S/c1-4-6-17-37-30(41)28(5-2)38(19-22-9-11-23(32)12-10-22)29(40)20-39(44(42,43)25-14-7-21(3)8-15-25)24-13-16-27(33)26(18-24)31(34,35)36/h7-16,18,28H,4-6,17,19-20H2,1-3H3,(H,37,41)/t28-/m0/s1. The lowest BCUT2D eigenvalue weighted by Gasteiger charge is -2.33. The Hall–Kier alpha value is -3.28. The van der Waals surface area contributed by atoms with E-state index in [0.717, 1.165) is 24.1 Å². The number of carbonyl (C=O) groups is 2. The van der Waals surface area contributed by atoms with Crippen LogP contribution in [0.1, 0.15) is 49.8 Å². The molecule has 13 heteroatoms. The van der Waals surface area contributed by atoms with Gasteiger partial charge in [-0.05, 0) is 67.8 Å². The number of benzene rings is 3. The molecule has 0 aliphatic heterocycles. The maximum absolute atomic E-state index is 14.1. The van der Waals surface area contributed by atoms with E-state index in [1.165, 1.54) is 29.2 Å². The van der Waals surface area contributed by atoms with Crippen LogP contribution in [-0.2, 0) is 32.3 Å². The maximum Gasteiger partial charge on any atom is 0.417 e. The molecular weight excluding hydrogens is 638 g/mol. The SMILES string of the molecule is CCCCNC(=O)[C@H](CC)N(Cc1ccc(Cl)cc1)C(=O)CN(c1ccc(Cl)c(C(F)(F)F)c1)S(=O)(=O)c1ccc(C)cc1. The van der Waals surface area contributed by atoms with Gasteiger partial charge in [0.2, 0.25) is 11.8 Å². The van der Waals surface area contributed by atoms with Gasteiger partial charge in [0.05, 0.1) is 21.2 Å². The normalized spacial score (nSPS) is 12.5. The fourth-order valence-electron chi connectivity index (χ4n) is 4.46. The first-order valence-electron chi connectivity index (χ1n) is 14.0. The number of halogens is 5. The number of anilines is 1. The predicted octanol–water partition coefficient (Wildman–Crippen LogP) is 7.24. The highest BCUT2D eigenvalue weighted by atomic mass is 35.5. The van der Waals surface area contributed by atoms with Gasteiger partial charge in [-0.3, -0.25) is 13.9 Å². The molecule has 2 amide bonds. The minimum absolute atomic E-state index is 0.0808. The third-order valence-corrected chi connectivity index (χ3v) is 9.28. The third-order valence-electron chi connectivity index (χ3n) is 6.91. The van der Waals surface area contributed by atoms with Crippen molar-refractivity contribution >= 4 is 50.7 Å². The zero-order valence-electron chi connectivity index (χ0n) is 24.5. The Morgan fingerprint density at radius 2 is 1.59 bits per heavy atom. The van der Waals surface area contributed by atoms with Crippen molar-refractivity contribution in [3.63, 3.8) is 0 Å². The lowest BCUT2D eigenvalue weighted by atomic mass is 10.1. The van der Waals surface area contributed by atoms with E-state index in [4.69, 9.17) is 23.2 Å². The number of alkyl halides is 3. The fourth-order valence-corrected chi connectivity index (χ4v) is 6.22. The van der Waals surface area contributed by atoms with Crippen molar-refractivity contribution in [3.05, 3.63) is 93.5 Å². The Labute approximate surface area is 266 Å². The molecule has 0 bridgehead atoms. The first kappa shape index (κ1) is 35.2. The molecule has 0 saturated carbocycles. The Morgan fingerprint density at radius 3 is 2.16 bits per heavy atom. The van der Waals surface area contributed by atoms with Gasteiger partial charge in [0, 0.05) is 18.1 Å². The van der Waals surface area contributed by atoms with E-state index in [9.17, 15) is 31.2 Å². The number of aryl methyl sites for hydroxylation is 1. The topological polar surface area (TPSA) is 86.8 Å². The smallest absolute Gasteiger partial charge is 0.354 e. The van der Waals surface area contributed by atoms with Gasteiger partial charge in [0.15, 0.2) is 0 Å². The summed E-state index contributed by atoms with van der Waals surface area (Å²) in [7, 11) is -4.57.